The third-order valence-corrected chi connectivity index (χ3v) is 6.18. The number of para-hydroxylation sites is 1. The summed E-state index contributed by atoms with van der Waals surface area (Å²) in [5, 5.41) is 7.00. The van der Waals surface area contributed by atoms with Crippen molar-refractivity contribution in [2.45, 2.75) is 25.8 Å². The van der Waals surface area contributed by atoms with Crippen LogP contribution in [0.25, 0.3) is 22.2 Å². The number of carbonyl (C=O) groups is 3. The summed E-state index contributed by atoms with van der Waals surface area (Å²) < 4.78 is 4.89. The van der Waals surface area contributed by atoms with Crippen LogP contribution in [0.3, 0.4) is 0 Å². The van der Waals surface area contributed by atoms with Crippen LogP contribution in [0, 0.1) is 0 Å². The highest BCUT2D eigenvalue weighted by atomic mass is 35.5. The molecule has 1 atom stereocenters. The van der Waals surface area contributed by atoms with Crippen molar-refractivity contribution >= 4 is 40.3 Å². The van der Waals surface area contributed by atoms with Crippen LogP contribution in [0.5, 0.6) is 0 Å². The van der Waals surface area contributed by atoms with Gasteiger partial charge in [0, 0.05) is 22.3 Å². The van der Waals surface area contributed by atoms with E-state index in [9.17, 15) is 14.4 Å². The maximum atomic E-state index is 13.3. The fraction of sp³-hybridized carbons (Fsp3) is 0.207. The van der Waals surface area contributed by atoms with Crippen molar-refractivity contribution in [3.05, 3.63) is 95.0 Å². The highest BCUT2D eigenvalue weighted by Gasteiger charge is 2.24. The van der Waals surface area contributed by atoms with Gasteiger partial charge in [-0.3, -0.25) is 14.4 Å². The third kappa shape index (κ3) is 6.77. The lowest BCUT2D eigenvalue weighted by atomic mass is 10.0. The predicted octanol–water partition coefficient (Wildman–Crippen LogP) is 4.44. The third-order valence-electron chi connectivity index (χ3n) is 5.93. The van der Waals surface area contributed by atoms with Crippen molar-refractivity contribution in [3.8, 4) is 11.3 Å². The first-order valence-electron chi connectivity index (χ1n) is 12.1. The van der Waals surface area contributed by atoms with E-state index < -0.39 is 17.9 Å². The SMILES string of the molecule is CCOC(=O)CNC(=O)[C@H](Cc1ccccc1)NC(=O)Cc1c(-c2ccc(Cl)cc2)[nH]c2ccccc12. The molecule has 0 bridgehead atoms. The smallest absolute Gasteiger partial charge is 0.325 e. The number of benzene rings is 3. The molecule has 0 radical (unpaired) electrons. The molecular formula is C29H28ClN3O4. The van der Waals surface area contributed by atoms with Crippen LogP contribution in [0.2, 0.25) is 5.02 Å². The number of aromatic amines is 1. The molecule has 4 rings (SSSR count). The number of hydrogen-bond donors (Lipinski definition) is 3. The van der Waals surface area contributed by atoms with E-state index in [2.05, 4.69) is 15.6 Å². The molecule has 0 spiro atoms. The molecule has 190 valence electrons. The van der Waals surface area contributed by atoms with Gasteiger partial charge in [0.05, 0.1) is 18.7 Å². The van der Waals surface area contributed by atoms with E-state index in [0.717, 1.165) is 33.3 Å². The summed E-state index contributed by atoms with van der Waals surface area (Å²) in [6, 6.07) is 23.7. The summed E-state index contributed by atoms with van der Waals surface area (Å²) in [6.45, 7) is 1.65. The molecule has 0 aliphatic rings. The zero-order chi connectivity index (χ0) is 26.2. The molecule has 3 aromatic carbocycles. The van der Waals surface area contributed by atoms with Crippen LogP contribution in [0.4, 0.5) is 0 Å². The molecule has 1 heterocycles. The zero-order valence-corrected chi connectivity index (χ0v) is 21.2. The van der Waals surface area contributed by atoms with Gasteiger partial charge in [-0.2, -0.15) is 0 Å². The lowest BCUT2D eigenvalue weighted by Gasteiger charge is -2.19. The molecule has 0 unspecified atom stereocenters. The molecule has 0 aliphatic carbocycles. The predicted molar refractivity (Wildman–Crippen MR) is 144 cm³/mol. The number of hydrogen-bond acceptors (Lipinski definition) is 4. The highest BCUT2D eigenvalue weighted by molar-refractivity contribution is 6.30. The molecular weight excluding hydrogens is 490 g/mol. The monoisotopic (exact) mass is 517 g/mol. The summed E-state index contributed by atoms with van der Waals surface area (Å²) >= 11 is 6.08. The van der Waals surface area contributed by atoms with E-state index in [1.165, 1.54) is 0 Å². The Morgan fingerprint density at radius 1 is 0.946 bits per heavy atom. The second kappa shape index (κ2) is 12.2. The minimum atomic E-state index is -0.867. The number of H-pyrrole nitrogens is 1. The van der Waals surface area contributed by atoms with Gasteiger partial charge < -0.3 is 20.4 Å². The largest absolute Gasteiger partial charge is 0.465 e. The Bertz CT molecular complexity index is 1380. The van der Waals surface area contributed by atoms with Crippen molar-refractivity contribution in [1.29, 1.82) is 0 Å². The van der Waals surface area contributed by atoms with Crippen LogP contribution in [0.1, 0.15) is 18.1 Å². The average molecular weight is 518 g/mol. The van der Waals surface area contributed by atoms with E-state index in [4.69, 9.17) is 16.3 Å². The van der Waals surface area contributed by atoms with Crippen molar-refractivity contribution in [3.63, 3.8) is 0 Å². The summed E-state index contributed by atoms with van der Waals surface area (Å²) in [7, 11) is 0. The van der Waals surface area contributed by atoms with E-state index in [1.807, 2.05) is 66.7 Å². The van der Waals surface area contributed by atoms with Gasteiger partial charge in [0.15, 0.2) is 0 Å². The normalized spacial score (nSPS) is 11.6. The molecule has 0 fully saturated rings. The molecule has 1 aromatic heterocycles. The molecule has 2 amide bonds. The number of amides is 2. The van der Waals surface area contributed by atoms with Gasteiger partial charge in [0.1, 0.15) is 12.6 Å². The molecule has 8 heteroatoms. The number of nitrogens with one attached hydrogen (secondary N) is 3. The quantitative estimate of drug-likeness (QED) is 0.271. The Labute approximate surface area is 220 Å². The van der Waals surface area contributed by atoms with Crippen LogP contribution in [-0.4, -0.2) is 42.0 Å². The fourth-order valence-corrected chi connectivity index (χ4v) is 4.33. The standard InChI is InChI=1S/C29H28ClN3O4/c1-2-37-27(35)18-31-29(36)25(16-19-8-4-3-5-9-19)32-26(34)17-23-22-10-6-7-11-24(22)33-28(23)20-12-14-21(30)15-13-20/h3-15,25,33H,2,16-18H2,1H3,(H,31,36)(H,32,34)/t25-/m0/s1. The molecule has 4 aromatic rings. The van der Waals surface area contributed by atoms with Crippen molar-refractivity contribution in [2.24, 2.45) is 0 Å². The van der Waals surface area contributed by atoms with Gasteiger partial charge in [-0.05, 0) is 41.8 Å². The number of carbonyl (C=O) groups excluding carboxylic acids is 3. The first-order valence-corrected chi connectivity index (χ1v) is 12.4. The van der Waals surface area contributed by atoms with Crippen molar-refractivity contribution < 1.29 is 19.1 Å². The van der Waals surface area contributed by atoms with E-state index in [-0.39, 0.29) is 31.9 Å². The summed E-state index contributed by atoms with van der Waals surface area (Å²) in [6.07, 6.45) is 0.331. The Balaban J connectivity index is 1.57. The second-order valence-electron chi connectivity index (χ2n) is 8.54. The Morgan fingerprint density at radius 2 is 1.65 bits per heavy atom. The van der Waals surface area contributed by atoms with Crippen LogP contribution in [0.15, 0.2) is 78.9 Å². The van der Waals surface area contributed by atoms with Gasteiger partial charge in [-0.15, -0.1) is 0 Å². The number of ether oxygens (including phenoxy) is 1. The van der Waals surface area contributed by atoms with Crippen LogP contribution in [-0.2, 0) is 32.0 Å². The second-order valence-corrected chi connectivity index (χ2v) is 8.98. The Hall–Kier alpha value is -4.10. The van der Waals surface area contributed by atoms with E-state index >= 15 is 0 Å². The van der Waals surface area contributed by atoms with Crippen LogP contribution >= 0.6 is 11.6 Å². The minimum absolute atomic E-state index is 0.0540. The molecule has 37 heavy (non-hydrogen) atoms. The van der Waals surface area contributed by atoms with Gasteiger partial charge >= 0.3 is 5.97 Å². The zero-order valence-electron chi connectivity index (χ0n) is 20.4. The maximum absolute atomic E-state index is 13.3. The molecule has 7 nitrogen and oxygen atoms in total. The van der Waals surface area contributed by atoms with Gasteiger partial charge in [-0.25, -0.2) is 0 Å². The number of fused-ring (bicyclic) bond motifs is 1. The lowest BCUT2D eigenvalue weighted by molar-refractivity contribution is -0.143. The number of rotatable bonds is 10. The topological polar surface area (TPSA) is 100 Å². The molecule has 0 aliphatic heterocycles. The maximum Gasteiger partial charge on any atom is 0.325 e. The summed E-state index contributed by atoms with van der Waals surface area (Å²) in [4.78, 5) is 41.5. The molecule has 0 saturated heterocycles. The number of aromatic nitrogens is 1. The average Bonchev–Trinajstić information content (AvgIpc) is 3.26. The number of esters is 1. The fourth-order valence-electron chi connectivity index (χ4n) is 4.21. The van der Waals surface area contributed by atoms with E-state index in [1.54, 1.807) is 19.1 Å². The Kier molecular flexibility index (Phi) is 8.59. The van der Waals surface area contributed by atoms with Crippen LogP contribution < -0.4 is 10.6 Å². The molecule has 0 saturated carbocycles. The molecule has 3 N–H and O–H groups in total. The highest BCUT2D eigenvalue weighted by Crippen LogP contribution is 2.31. The van der Waals surface area contributed by atoms with Gasteiger partial charge in [-0.1, -0.05) is 72.3 Å². The summed E-state index contributed by atoms with van der Waals surface area (Å²) in [5.74, 6) is -1.30. The van der Waals surface area contributed by atoms with Crippen molar-refractivity contribution in [1.82, 2.24) is 15.6 Å². The summed E-state index contributed by atoms with van der Waals surface area (Å²) in [5.41, 5.74) is 4.33. The minimum Gasteiger partial charge on any atom is -0.465 e. The number of halogens is 1. The first kappa shape index (κ1) is 26.0. The van der Waals surface area contributed by atoms with Gasteiger partial charge in [0.25, 0.3) is 0 Å². The lowest BCUT2D eigenvalue weighted by Crippen LogP contribution is -2.49. The van der Waals surface area contributed by atoms with E-state index in [0.29, 0.717) is 5.02 Å². The van der Waals surface area contributed by atoms with Gasteiger partial charge in [0.2, 0.25) is 11.8 Å². The first-order chi connectivity index (χ1) is 17.9. The van der Waals surface area contributed by atoms with Crippen molar-refractivity contribution in [2.75, 3.05) is 13.2 Å². The Morgan fingerprint density at radius 3 is 2.38 bits per heavy atom.